The maximum Gasteiger partial charge on any atom is 0.160 e. The van der Waals surface area contributed by atoms with Gasteiger partial charge >= 0.3 is 0 Å². The van der Waals surface area contributed by atoms with Crippen LogP contribution in [0.1, 0.15) is 24.0 Å². The number of carbonyl (C=O) groups is 1. The van der Waals surface area contributed by atoms with Gasteiger partial charge in [0, 0.05) is 5.92 Å². The fourth-order valence-electron chi connectivity index (χ4n) is 2.25. The number of Topliss-reactive ketones (excluding diaryl/α,β-unsaturated/α-hetero) is 1. The van der Waals surface area contributed by atoms with Gasteiger partial charge in [-0.3, -0.25) is 4.79 Å². The number of fused-ring (bicyclic) bond motifs is 1. The highest BCUT2D eigenvalue weighted by Gasteiger charge is 2.46. The lowest BCUT2D eigenvalue weighted by atomic mass is 9.91. The topological polar surface area (TPSA) is 17.1 Å². The van der Waals surface area contributed by atoms with Gasteiger partial charge in [0.2, 0.25) is 0 Å². The maximum absolute atomic E-state index is 11.9. The Morgan fingerprint density at radius 2 is 2.20 bits per heavy atom. The number of benzene rings is 1. The molecule has 0 N–H and O–H groups in total. The van der Waals surface area contributed by atoms with Crippen molar-refractivity contribution in [1.29, 1.82) is 0 Å². The third-order valence-corrected chi connectivity index (χ3v) is 5.16. The molecule has 1 aliphatic carbocycles. The Bertz CT molecular complexity index is 402. The molecule has 0 bridgehead atoms. The Balaban J connectivity index is 2.42. The van der Waals surface area contributed by atoms with E-state index in [0.717, 1.165) is 6.42 Å². The Morgan fingerprint density at radius 3 is 2.80 bits per heavy atom. The second-order valence-electron chi connectivity index (χ2n) is 4.02. The minimum absolute atomic E-state index is 0.228. The molecule has 1 aromatic rings. The summed E-state index contributed by atoms with van der Waals surface area (Å²) < 4.78 is -0.403. The van der Waals surface area contributed by atoms with Gasteiger partial charge in [0.05, 0.1) is 9.65 Å². The van der Waals surface area contributed by atoms with Gasteiger partial charge in [0.1, 0.15) is 0 Å². The molecule has 0 aliphatic heterocycles. The molecule has 1 nitrogen and oxygen atoms in total. The van der Waals surface area contributed by atoms with Crippen molar-refractivity contribution in [1.82, 2.24) is 0 Å². The number of hydrogen-bond donors (Lipinski definition) is 0. The molecule has 2 unspecified atom stereocenters. The lowest BCUT2D eigenvalue weighted by molar-refractivity contribution is -0.118. The van der Waals surface area contributed by atoms with Gasteiger partial charge in [0.15, 0.2) is 5.78 Å². The SMILES string of the molecule is CC1c2ccccc2CC1(Br)C(=O)CBr. The molecule has 0 heterocycles. The molecule has 0 fully saturated rings. The van der Waals surface area contributed by atoms with Crippen LogP contribution in [0.5, 0.6) is 0 Å². The highest BCUT2D eigenvalue weighted by Crippen LogP contribution is 2.47. The summed E-state index contributed by atoms with van der Waals surface area (Å²) in [5, 5.41) is 0.413. The van der Waals surface area contributed by atoms with Crippen molar-refractivity contribution < 1.29 is 4.79 Å². The predicted octanol–water partition coefficient (Wildman–Crippen LogP) is 3.44. The Kier molecular flexibility index (Phi) is 3.04. The van der Waals surface area contributed by atoms with Gasteiger partial charge in [-0.1, -0.05) is 63.0 Å². The summed E-state index contributed by atoms with van der Waals surface area (Å²) >= 11 is 6.89. The van der Waals surface area contributed by atoms with Crippen LogP contribution < -0.4 is 0 Å². The van der Waals surface area contributed by atoms with E-state index in [0.29, 0.717) is 5.33 Å². The van der Waals surface area contributed by atoms with Gasteiger partial charge < -0.3 is 0 Å². The van der Waals surface area contributed by atoms with Crippen molar-refractivity contribution in [3.63, 3.8) is 0 Å². The molecule has 1 aromatic carbocycles. The molecule has 2 rings (SSSR count). The average Bonchev–Trinajstić information content (AvgIpc) is 2.52. The molecule has 0 radical (unpaired) electrons. The second-order valence-corrected chi connectivity index (χ2v) is 5.99. The van der Waals surface area contributed by atoms with Crippen LogP contribution in [0.25, 0.3) is 0 Å². The first-order valence-electron chi connectivity index (χ1n) is 4.95. The van der Waals surface area contributed by atoms with E-state index in [4.69, 9.17) is 0 Å². The van der Waals surface area contributed by atoms with E-state index < -0.39 is 4.32 Å². The molecular weight excluding hydrogens is 320 g/mol. The number of hydrogen-bond acceptors (Lipinski definition) is 1. The fourth-order valence-corrected chi connectivity index (χ4v) is 3.81. The van der Waals surface area contributed by atoms with E-state index in [-0.39, 0.29) is 11.7 Å². The number of carbonyl (C=O) groups excluding carboxylic acids is 1. The molecule has 3 heteroatoms. The van der Waals surface area contributed by atoms with E-state index in [1.807, 2.05) is 12.1 Å². The summed E-state index contributed by atoms with van der Waals surface area (Å²) in [5.74, 6) is 0.477. The molecule has 80 valence electrons. The van der Waals surface area contributed by atoms with Gasteiger partial charge in [-0.25, -0.2) is 0 Å². The van der Waals surface area contributed by atoms with Crippen LogP contribution in [0.15, 0.2) is 24.3 Å². The van der Waals surface area contributed by atoms with Crippen molar-refractivity contribution in [3.8, 4) is 0 Å². The Morgan fingerprint density at radius 1 is 1.53 bits per heavy atom. The normalized spacial score (nSPS) is 28.9. The second kappa shape index (κ2) is 4.02. The van der Waals surface area contributed by atoms with Crippen molar-refractivity contribution in [3.05, 3.63) is 35.4 Å². The summed E-state index contributed by atoms with van der Waals surface area (Å²) in [6.07, 6.45) is 0.800. The van der Waals surface area contributed by atoms with E-state index >= 15 is 0 Å². The summed E-state index contributed by atoms with van der Waals surface area (Å²) in [5.41, 5.74) is 2.58. The summed E-state index contributed by atoms with van der Waals surface area (Å²) in [7, 11) is 0. The van der Waals surface area contributed by atoms with Crippen LogP contribution in [0.4, 0.5) is 0 Å². The molecule has 2 atom stereocenters. The summed E-state index contributed by atoms with van der Waals surface area (Å²) in [6.45, 7) is 2.11. The molecule has 15 heavy (non-hydrogen) atoms. The predicted molar refractivity (Wildman–Crippen MR) is 69.0 cm³/mol. The number of ketones is 1. The highest BCUT2D eigenvalue weighted by atomic mass is 79.9. The summed E-state index contributed by atoms with van der Waals surface area (Å²) in [4.78, 5) is 11.9. The molecule has 0 spiro atoms. The smallest absolute Gasteiger partial charge is 0.160 e. The molecule has 1 aliphatic rings. The van der Waals surface area contributed by atoms with Gasteiger partial charge in [-0.15, -0.1) is 0 Å². The first-order valence-corrected chi connectivity index (χ1v) is 6.87. The van der Waals surface area contributed by atoms with Crippen molar-refractivity contribution in [2.75, 3.05) is 5.33 Å². The minimum atomic E-state index is -0.403. The van der Waals surface area contributed by atoms with E-state index in [2.05, 4.69) is 50.9 Å². The molecule has 0 saturated carbocycles. The van der Waals surface area contributed by atoms with E-state index in [1.165, 1.54) is 11.1 Å². The summed E-state index contributed by atoms with van der Waals surface area (Å²) in [6, 6.07) is 8.29. The molecule has 0 amide bonds. The Labute approximate surface area is 107 Å². The van der Waals surface area contributed by atoms with Crippen LogP contribution in [-0.4, -0.2) is 15.4 Å². The van der Waals surface area contributed by atoms with Crippen molar-refractivity contribution in [2.45, 2.75) is 23.6 Å². The van der Waals surface area contributed by atoms with E-state index in [1.54, 1.807) is 0 Å². The van der Waals surface area contributed by atoms with Crippen LogP contribution in [0.2, 0.25) is 0 Å². The standard InChI is InChI=1S/C12H12Br2O/c1-8-10-5-3-2-4-9(10)6-12(8,14)11(15)7-13/h2-5,8H,6-7H2,1H3. The molecule has 0 saturated heterocycles. The third kappa shape index (κ3) is 1.70. The lowest BCUT2D eigenvalue weighted by Crippen LogP contribution is -2.36. The minimum Gasteiger partial charge on any atom is -0.297 e. The van der Waals surface area contributed by atoms with Crippen LogP contribution in [-0.2, 0) is 11.2 Å². The average molecular weight is 332 g/mol. The first-order chi connectivity index (χ1) is 7.09. The van der Waals surface area contributed by atoms with Gasteiger partial charge in [0.25, 0.3) is 0 Å². The monoisotopic (exact) mass is 330 g/mol. The maximum atomic E-state index is 11.9. The zero-order chi connectivity index (χ0) is 11.1. The highest BCUT2D eigenvalue weighted by molar-refractivity contribution is 9.11. The Hall–Kier alpha value is -0.150. The number of rotatable bonds is 2. The zero-order valence-electron chi connectivity index (χ0n) is 8.47. The molecular formula is C12H12Br2O. The van der Waals surface area contributed by atoms with Crippen molar-refractivity contribution in [2.24, 2.45) is 0 Å². The van der Waals surface area contributed by atoms with Crippen LogP contribution >= 0.6 is 31.9 Å². The third-order valence-electron chi connectivity index (χ3n) is 3.24. The first kappa shape index (κ1) is 11.3. The van der Waals surface area contributed by atoms with Gasteiger partial charge in [-0.05, 0) is 17.5 Å². The quantitative estimate of drug-likeness (QED) is 0.759. The van der Waals surface area contributed by atoms with E-state index in [9.17, 15) is 4.79 Å². The van der Waals surface area contributed by atoms with Crippen LogP contribution in [0.3, 0.4) is 0 Å². The number of alkyl halides is 2. The largest absolute Gasteiger partial charge is 0.297 e. The fraction of sp³-hybridized carbons (Fsp3) is 0.417. The number of halogens is 2. The zero-order valence-corrected chi connectivity index (χ0v) is 11.6. The van der Waals surface area contributed by atoms with Gasteiger partial charge in [-0.2, -0.15) is 0 Å². The lowest BCUT2D eigenvalue weighted by Gasteiger charge is -2.24. The molecule has 0 aromatic heterocycles. The van der Waals surface area contributed by atoms with Crippen LogP contribution in [0, 0.1) is 0 Å². The van der Waals surface area contributed by atoms with Crippen molar-refractivity contribution >= 4 is 37.6 Å².